The SMILES string of the molecule is CCCN(C[Si](C)(C)c1ccccc1)c1ccccc1. The molecule has 0 bridgehead atoms. The van der Waals surface area contributed by atoms with Crippen molar-refractivity contribution in [3.8, 4) is 0 Å². The minimum Gasteiger partial charge on any atom is -0.374 e. The highest BCUT2D eigenvalue weighted by atomic mass is 28.3. The summed E-state index contributed by atoms with van der Waals surface area (Å²) in [6.45, 7) is 8.32. The Morgan fingerprint density at radius 2 is 1.40 bits per heavy atom. The molecule has 0 aromatic heterocycles. The molecule has 2 aromatic carbocycles. The van der Waals surface area contributed by atoms with Crippen LogP contribution in [0.15, 0.2) is 60.7 Å². The Morgan fingerprint density at radius 3 is 1.95 bits per heavy atom. The van der Waals surface area contributed by atoms with Gasteiger partial charge in [0.05, 0.1) is 0 Å². The maximum absolute atomic E-state index is 2.55. The van der Waals surface area contributed by atoms with Gasteiger partial charge in [-0.05, 0) is 18.6 Å². The van der Waals surface area contributed by atoms with Crippen LogP contribution >= 0.6 is 0 Å². The fraction of sp³-hybridized carbons (Fsp3) is 0.333. The van der Waals surface area contributed by atoms with Crippen molar-refractivity contribution in [2.75, 3.05) is 17.6 Å². The molecule has 0 aliphatic heterocycles. The first-order chi connectivity index (χ1) is 9.63. The summed E-state index contributed by atoms with van der Waals surface area (Å²) in [5, 5.41) is 1.54. The highest BCUT2D eigenvalue weighted by Gasteiger charge is 2.26. The van der Waals surface area contributed by atoms with E-state index in [0.29, 0.717) is 0 Å². The van der Waals surface area contributed by atoms with Gasteiger partial charge in [-0.2, -0.15) is 0 Å². The topological polar surface area (TPSA) is 3.24 Å². The zero-order chi connectivity index (χ0) is 14.4. The third-order valence-corrected chi connectivity index (χ3v) is 6.82. The summed E-state index contributed by atoms with van der Waals surface area (Å²) in [5.74, 6) is 0. The molecule has 0 atom stereocenters. The lowest BCUT2D eigenvalue weighted by Gasteiger charge is -2.33. The molecule has 0 fully saturated rings. The highest BCUT2D eigenvalue weighted by Crippen LogP contribution is 2.17. The molecule has 0 aliphatic carbocycles. The predicted octanol–water partition coefficient (Wildman–Crippen LogP) is 4.06. The van der Waals surface area contributed by atoms with Crippen LogP contribution in [0.5, 0.6) is 0 Å². The van der Waals surface area contributed by atoms with Crippen LogP contribution in [0.4, 0.5) is 5.69 Å². The van der Waals surface area contributed by atoms with E-state index in [1.807, 2.05) is 0 Å². The number of nitrogens with zero attached hydrogens (tertiary/aromatic N) is 1. The summed E-state index contributed by atoms with van der Waals surface area (Å²) in [6, 6.07) is 21.8. The number of anilines is 1. The Balaban J connectivity index is 2.20. The second kappa shape index (κ2) is 6.75. The summed E-state index contributed by atoms with van der Waals surface area (Å²) in [6.07, 6.45) is 2.36. The molecule has 106 valence electrons. The van der Waals surface area contributed by atoms with Gasteiger partial charge in [0.2, 0.25) is 0 Å². The van der Waals surface area contributed by atoms with Crippen molar-refractivity contribution < 1.29 is 0 Å². The first kappa shape index (κ1) is 14.9. The Bertz CT molecular complexity index is 507. The quantitative estimate of drug-likeness (QED) is 0.723. The monoisotopic (exact) mass is 283 g/mol. The number of rotatable bonds is 6. The van der Waals surface area contributed by atoms with Gasteiger partial charge < -0.3 is 4.90 Å². The van der Waals surface area contributed by atoms with Crippen LogP contribution in [0.2, 0.25) is 13.1 Å². The molecule has 20 heavy (non-hydrogen) atoms. The summed E-state index contributed by atoms with van der Waals surface area (Å²) in [7, 11) is -1.44. The number of hydrogen-bond donors (Lipinski definition) is 0. The Kier molecular flexibility index (Phi) is 5.02. The second-order valence-corrected chi connectivity index (χ2v) is 10.7. The Morgan fingerprint density at radius 1 is 0.850 bits per heavy atom. The molecule has 0 saturated carbocycles. The van der Waals surface area contributed by atoms with E-state index in [1.54, 1.807) is 0 Å². The van der Waals surface area contributed by atoms with E-state index >= 15 is 0 Å². The molecule has 2 aromatic rings. The van der Waals surface area contributed by atoms with Crippen LogP contribution in [0.25, 0.3) is 0 Å². The number of para-hydroxylation sites is 1. The normalized spacial score (nSPS) is 11.3. The largest absolute Gasteiger partial charge is 0.374 e. The molecular weight excluding hydrogens is 258 g/mol. The molecule has 0 aliphatic rings. The van der Waals surface area contributed by atoms with Gasteiger partial charge in [0.25, 0.3) is 0 Å². The van der Waals surface area contributed by atoms with E-state index in [0.717, 1.165) is 6.54 Å². The Hall–Kier alpha value is -1.54. The highest BCUT2D eigenvalue weighted by molar-refractivity contribution is 6.90. The zero-order valence-corrected chi connectivity index (χ0v) is 13.8. The van der Waals surface area contributed by atoms with E-state index in [4.69, 9.17) is 0 Å². The van der Waals surface area contributed by atoms with E-state index < -0.39 is 8.07 Å². The van der Waals surface area contributed by atoms with Crippen LogP contribution in [0, 0.1) is 0 Å². The third kappa shape index (κ3) is 3.73. The fourth-order valence-corrected chi connectivity index (χ4v) is 5.24. The molecule has 1 nitrogen and oxygen atoms in total. The van der Waals surface area contributed by atoms with E-state index in [9.17, 15) is 0 Å². The molecule has 0 N–H and O–H groups in total. The van der Waals surface area contributed by atoms with Crippen molar-refractivity contribution in [1.29, 1.82) is 0 Å². The van der Waals surface area contributed by atoms with Crippen molar-refractivity contribution in [2.24, 2.45) is 0 Å². The van der Waals surface area contributed by atoms with Crippen LogP contribution < -0.4 is 10.1 Å². The van der Waals surface area contributed by atoms with Gasteiger partial charge in [0.15, 0.2) is 0 Å². The van der Waals surface area contributed by atoms with E-state index in [1.165, 1.54) is 23.5 Å². The first-order valence-corrected chi connectivity index (χ1v) is 10.7. The molecular formula is C18H25NSi. The van der Waals surface area contributed by atoms with Crippen LogP contribution in [-0.4, -0.2) is 20.8 Å². The standard InChI is InChI=1S/C18H25NSi/c1-4-15-19(17-11-7-5-8-12-17)16-20(2,3)18-13-9-6-10-14-18/h5-14H,4,15-16H2,1-3H3. The molecule has 0 heterocycles. The van der Waals surface area contributed by atoms with Gasteiger partial charge in [-0.15, -0.1) is 0 Å². The lowest BCUT2D eigenvalue weighted by atomic mass is 10.3. The Labute approximate surface area is 124 Å². The van der Waals surface area contributed by atoms with Crippen LogP contribution in [0.3, 0.4) is 0 Å². The molecule has 0 saturated heterocycles. The average Bonchev–Trinajstić information content (AvgIpc) is 2.48. The zero-order valence-electron chi connectivity index (χ0n) is 12.8. The third-order valence-electron chi connectivity index (χ3n) is 3.76. The number of hydrogen-bond acceptors (Lipinski definition) is 1. The van der Waals surface area contributed by atoms with E-state index in [2.05, 4.69) is 85.6 Å². The minimum absolute atomic E-state index is 1.13. The molecule has 0 radical (unpaired) electrons. The molecule has 2 heteroatoms. The smallest absolute Gasteiger partial charge is 0.101 e. The van der Waals surface area contributed by atoms with Crippen molar-refractivity contribution in [3.05, 3.63) is 60.7 Å². The average molecular weight is 283 g/mol. The maximum atomic E-state index is 2.55. The number of benzene rings is 2. The van der Waals surface area contributed by atoms with Crippen molar-refractivity contribution in [3.63, 3.8) is 0 Å². The molecule has 0 amide bonds. The van der Waals surface area contributed by atoms with Crippen LogP contribution in [-0.2, 0) is 0 Å². The lowest BCUT2D eigenvalue weighted by molar-refractivity contribution is 0.828. The van der Waals surface area contributed by atoms with Gasteiger partial charge in [-0.25, -0.2) is 0 Å². The predicted molar refractivity (Wildman–Crippen MR) is 92.5 cm³/mol. The lowest BCUT2D eigenvalue weighted by Crippen LogP contribution is -2.52. The van der Waals surface area contributed by atoms with Gasteiger partial charge in [-0.1, -0.05) is 73.7 Å². The second-order valence-electron chi connectivity index (χ2n) is 6.01. The summed E-state index contributed by atoms with van der Waals surface area (Å²) in [5.41, 5.74) is 1.35. The van der Waals surface area contributed by atoms with E-state index in [-0.39, 0.29) is 0 Å². The first-order valence-electron chi connectivity index (χ1n) is 7.49. The van der Waals surface area contributed by atoms with Gasteiger partial charge in [0.1, 0.15) is 8.07 Å². The minimum atomic E-state index is -1.44. The van der Waals surface area contributed by atoms with Gasteiger partial charge >= 0.3 is 0 Å². The van der Waals surface area contributed by atoms with Crippen molar-refractivity contribution in [1.82, 2.24) is 0 Å². The fourth-order valence-electron chi connectivity index (χ4n) is 2.67. The molecule has 0 unspecified atom stereocenters. The molecule has 0 spiro atoms. The summed E-state index contributed by atoms with van der Waals surface area (Å²) in [4.78, 5) is 2.55. The van der Waals surface area contributed by atoms with Gasteiger partial charge in [0, 0.05) is 18.4 Å². The molecule has 2 rings (SSSR count). The van der Waals surface area contributed by atoms with Crippen molar-refractivity contribution >= 4 is 18.9 Å². The summed E-state index contributed by atoms with van der Waals surface area (Å²) >= 11 is 0. The van der Waals surface area contributed by atoms with Gasteiger partial charge in [-0.3, -0.25) is 0 Å². The summed E-state index contributed by atoms with van der Waals surface area (Å²) < 4.78 is 0. The van der Waals surface area contributed by atoms with Crippen LogP contribution in [0.1, 0.15) is 13.3 Å². The van der Waals surface area contributed by atoms with Crippen molar-refractivity contribution in [2.45, 2.75) is 26.4 Å². The maximum Gasteiger partial charge on any atom is 0.101 e.